The van der Waals surface area contributed by atoms with E-state index in [0.29, 0.717) is 24.4 Å². The van der Waals surface area contributed by atoms with Crippen LogP contribution in [0.1, 0.15) is 54.6 Å². The molecule has 2 aromatic rings. The van der Waals surface area contributed by atoms with E-state index in [1.54, 1.807) is 0 Å². The summed E-state index contributed by atoms with van der Waals surface area (Å²) in [6.07, 6.45) is 8.91. The molecule has 0 unspecified atom stereocenters. The number of hydrogen-bond acceptors (Lipinski definition) is 4. The number of nitrogens with zero attached hydrogens (tertiary/aromatic N) is 2. The van der Waals surface area contributed by atoms with Crippen LogP contribution in [-0.2, 0) is 4.74 Å². The molecule has 3 aliphatic heterocycles. The Labute approximate surface area is 165 Å². The lowest BCUT2D eigenvalue weighted by Crippen LogP contribution is -2.55. The number of carbonyl (C=O) groups is 1. The smallest absolute Gasteiger partial charge is 0.272 e. The Bertz CT molecular complexity index is 904. The van der Waals surface area contributed by atoms with Gasteiger partial charge in [0.15, 0.2) is 5.69 Å². The van der Waals surface area contributed by atoms with Crippen LogP contribution in [0.3, 0.4) is 0 Å². The van der Waals surface area contributed by atoms with Crippen LogP contribution < -0.4 is 5.32 Å². The van der Waals surface area contributed by atoms with Crippen molar-refractivity contribution in [2.24, 2.45) is 0 Å². The van der Waals surface area contributed by atoms with Crippen LogP contribution in [0.15, 0.2) is 24.3 Å². The zero-order valence-electron chi connectivity index (χ0n) is 16.4. The lowest BCUT2D eigenvalue weighted by Gasteiger charge is -2.47. The lowest BCUT2D eigenvalue weighted by molar-refractivity contribution is 0.0462. The summed E-state index contributed by atoms with van der Waals surface area (Å²) in [4.78, 5) is 15.6. The molecule has 148 valence electrons. The van der Waals surface area contributed by atoms with Crippen LogP contribution in [-0.4, -0.2) is 59.4 Å². The highest BCUT2D eigenvalue weighted by atomic mass is 16.5. The number of carbonyl (C=O) groups excluding carboxylic acids is 1. The van der Waals surface area contributed by atoms with Crippen molar-refractivity contribution in [1.29, 1.82) is 0 Å². The van der Waals surface area contributed by atoms with Gasteiger partial charge in [0.25, 0.3) is 5.91 Å². The Morgan fingerprint density at radius 3 is 2.86 bits per heavy atom. The fourth-order valence-corrected chi connectivity index (χ4v) is 5.16. The zero-order chi connectivity index (χ0) is 19.1. The van der Waals surface area contributed by atoms with Gasteiger partial charge in [0, 0.05) is 23.5 Å². The first-order valence-corrected chi connectivity index (χ1v) is 10.5. The molecule has 4 heterocycles. The second kappa shape index (κ2) is 7.33. The first-order chi connectivity index (χ1) is 13.7. The van der Waals surface area contributed by atoms with Gasteiger partial charge in [0.2, 0.25) is 0 Å². The lowest BCUT2D eigenvalue weighted by atomic mass is 9.82. The average Bonchev–Trinajstić information content (AvgIpc) is 3.13. The van der Waals surface area contributed by atoms with Crippen molar-refractivity contribution < 1.29 is 9.53 Å². The Morgan fingerprint density at radius 2 is 2.11 bits per heavy atom. The number of amides is 1. The predicted molar refractivity (Wildman–Crippen MR) is 109 cm³/mol. The number of aromatic amines is 1. The zero-order valence-corrected chi connectivity index (χ0v) is 16.4. The monoisotopic (exact) mass is 380 g/mol. The van der Waals surface area contributed by atoms with E-state index in [2.05, 4.69) is 45.7 Å². The third kappa shape index (κ3) is 3.25. The van der Waals surface area contributed by atoms with E-state index in [0.717, 1.165) is 42.3 Å². The molecule has 0 spiro atoms. The van der Waals surface area contributed by atoms with Gasteiger partial charge in [-0.05, 0) is 62.4 Å². The number of benzene rings is 1. The molecule has 2 bridgehead atoms. The van der Waals surface area contributed by atoms with Gasteiger partial charge >= 0.3 is 0 Å². The minimum absolute atomic E-state index is 0.0583. The van der Waals surface area contributed by atoms with Gasteiger partial charge in [-0.3, -0.25) is 9.89 Å². The average molecular weight is 380 g/mol. The molecular weight excluding hydrogens is 352 g/mol. The Kier molecular flexibility index (Phi) is 4.69. The van der Waals surface area contributed by atoms with Gasteiger partial charge in [-0.2, -0.15) is 5.10 Å². The third-order valence-electron chi connectivity index (χ3n) is 6.79. The molecule has 2 fully saturated rings. The van der Waals surface area contributed by atoms with Crippen molar-refractivity contribution in [2.75, 3.05) is 20.3 Å². The van der Waals surface area contributed by atoms with Gasteiger partial charge in [-0.15, -0.1) is 0 Å². The summed E-state index contributed by atoms with van der Waals surface area (Å²) in [6.45, 7) is 1.41. The van der Waals surface area contributed by atoms with Crippen molar-refractivity contribution >= 4 is 22.4 Å². The summed E-state index contributed by atoms with van der Waals surface area (Å²) < 4.78 is 5.42. The minimum atomic E-state index is -0.0583. The summed E-state index contributed by atoms with van der Waals surface area (Å²) in [7, 11) is 2.24. The molecule has 1 aromatic carbocycles. The molecule has 5 rings (SSSR count). The second-order valence-electron chi connectivity index (χ2n) is 8.43. The van der Waals surface area contributed by atoms with Gasteiger partial charge in [-0.1, -0.05) is 18.6 Å². The van der Waals surface area contributed by atoms with Crippen molar-refractivity contribution in [1.82, 2.24) is 20.4 Å². The highest BCUT2D eigenvalue weighted by Gasteiger charge is 2.36. The Hall–Kier alpha value is -2.18. The van der Waals surface area contributed by atoms with Crippen LogP contribution in [0, 0.1) is 0 Å². The molecule has 0 saturated carbocycles. The predicted octanol–water partition coefficient (Wildman–Crippen LogP) is 3.11. The summed E-state index contributed by atoms with van der Waals surface area (Å²) in [6, 6.07) is 7.64. The minimum Gasteiger partial charge on any atom is -0.377 e. The Morgan fingerprint density at radius 1 is 1.29 bits per heavy atom. The van der Waals surface area contributed by atoms with Crippen LogP contribution in [0.2, 0.25) is 0 Å². The topological polar surface area (TPSA) is 70.2 Å². The number of nitrogens with one attached hydrogen (secondary N) is 2. The fourth-order valence-electron chi connectivity index (χ4n) is 5.16. The molecule has 2 N–H and O–H groups in total. The molecule has 6 heteroatoms. The number of aromatic nitrogens is 2. The normalized spacial score (nSPS) is 28.2. The molecule has 6 nitrogen and oxygen atoms in total. The Balaban J connectivity index is 1.36. The molecule has 28 heavy (non-hydrogen) atoms. The number of fused-ring (bicyclic) bond motifs is 3. The van der Waals surface area contributed by atoms with Crippen LogP contribution in [0.4, 0.5) is 0 Å². The molecule has 3 aliphatic rings. The maximum absolute atomic E-state index is 13.0. The summed E-state index contributed by atoms with van der Waals surface area (Å²) in [5, 5.41) is 11.5. The van der Waals surface area contributed by atoms with Crippen molar-refractivity contribution in [2.45, 2.75) is 56.7 Å². The van der Waals surface area contributed by atoms with Gasteiger partial charge in [-0.25, -0.2) is 0 Å². The van der Waals surface area contributed by atoms with Gasteiger partial charge < -0.3 is 15.0 Å². The number of piperidine rings is 2. The van der Waals surface area contributed by atoms with Crippen molar-refractivity contribution in [3.05, 3.63) is 35.5 Å². The molecular formula is C22H28N4O2. The standard InChI is InChI=1S/C22H28N4O2/c1-26-17-3-2-4-18(26)13-16(12-17)23-22(27)21-19-11-15(5-6-20(19)24-25-21)14-7-9-28-10-8-14/h5-7,11,16-18H,2-4,8-10,12-13H2,1H3,(H,23,27)(H,24,25)/t16-,17+,18-. The van der Waals surface area contributed by atoms with E-state index in [9.17, 15) is 4.79 Å². The molecule has 1 aromatic heterocycles. The van der Waals surface area contributed by atoms with Gasteiger partial charge in [0.1, 0.15) is 0 Å². The fraction of sp³-hybridized carbons (Fsp3) is 0.545. The van der Waals surface area contributed by atoms with E-state index in [1.807, 2.05) is 6.07 Å². The number of H-pyrrole nitrogens is 1. The molecule has 1 amide bonds. The molecule has 2 saturated heterocycles. The van der Waals surface area contributed by atoms with E-state index in [-0.39, 0.29) is 11.9 Å². The first-order valence-electron chi connectivity index (χ1n) is 10.5. The molecule has 0 radical (unpaired) electrons. The molecule has 3 atom stereocenters. The highest BCUT2D eigenvalue weighted by Crippen LogP contribution is 2.33. The van der Waals surface area contributed by atoms with Crippen LogP contribution >= 0.6 is 0 Å². The van der Waals surface area contributed by atoms with Gasteiger partial charge in [0.05, 0.1) is 18.7 Å². The first kappa shape index (κ1) is 17.9. The highest BCUT2D eigenvalue weighted by molar-refractivity contribution is 6.05. The van der Waals surface area contributed by atoms with Crippen LogP contribution in [0.25, 0.3) is 16.5 Å². The second-order valence-corrected chi connectivity index (χ2v) is 8.43. The number of rotatable bonds is 3. The summed E-state index contributed by atoms with van der Waals surface area (Å²) >= 11 is 0. The maximum atomic E-state index is 13.0. The number of ether oxygens (including phenoxy) is 1. The van der Waals surface area contributed by atoms with E-state index in [1.165, 1.54) is 24.8 Å². The summed E-state index contributed by atoms with van der Waals surface area (Å²) in [5.41, 5.74) is 3.85. The largest absolute Gasteiger partial charge is 0.377 e. The SMILES string of the molecule is CN1[C@@H]2CCC[C@H]1C[C@@H](NC(=O)c1n[nH]c3ccc(C4=CCOCC4)cc13)C2. The van der Waals surface area contributed by atoms with E-state index < -0.39 is 0 Å². The molecule has 0 aliphatic carbocycles. The van der Waals surface area contributed by atoms with Crippen LogP contribution in [0.5, 0.6) is 0 Å². The van der Waals surface area contributed by atoms with Crippen molar-refractivity contribution in [3.63, 3.8) is 0 Å². The van der Waals surface area contributed by atoms with Crippen molar-refractivity contribution in [3.8, 4) is 0 Å². The van der Waals surface area contributed by atoms with E-state index in [4.69, 9.17) is 4.74 Å². The van der Waals surface area contributed by atoms with E-state index >= 15 is 0 Å². The third-order valence-corrected chi connectivity index (χ3v) is 6.79. The maximum Gasteiger partial charge on any atom is 0.272 e. The number of hydrogen-bond donors (Lipinski definition) is 2. The quantitative estimate of drug-likeness (QED) is 0.858. The summed E-state index contributed by atoms with van der Waals surface area (Å²) in [5.74, 6) is -0.0583.